The van der Waals surface area contributed by atoms with E-state index in [4.69, 9.17) is 9.47 Å². The maximum Gasteiger partial charge on any atom is 0.323 e. The highest BCUT2D eigenvalue weighted by Gasteiger charge is 2.26. The molecular formula is C24H37N3O5. The third-order valence-electron chi connectivity index (χ3n) is 6.31. The summed E-state index contributed by atoms with van der Waals surface area (Å²) in [5.74, 6) is 0.605. The number of hydrogen-bond donors (Lipinski definition) is 2. The number of esters is 1. The first-order chi connectivity index (χ1) is 15.4. The lowest BCUT2D eigenvalue weighted by Gasteiger charge is -2.23. The molecule has 8 nitrogen and oxygen atoms in total. The molecule has 0 amide bonds. The van der Waals surface area contributed by atoms with Gasteiger partial charge in [0.1, 0.15) is 17.8 Å². The second-order valence-electron chi connectivity index (χ2n) is 9.45. The molecule has 1 aliphatic carbocycles. The van der Waals surface area contributed by atoms with Crippen LogP contribution in [0.4, 0.5) is 11.4 Å². The van der Waals surface area contributed by atoms with Crippen LogP contribution in [0.2, 0.25) is 0 Å². The lowest BCUT2D eigenvalue weighted by molar-refractivity contribution is -0.384. The van der Waals surface area contributed by atoms with E-state index in [1.807, 2.05) is 6.07 Å². The molecule has 32 heavy (non-hydrogen) atoms. The minimum atomic E-state index is -0.385. The average molecular weight is 448 g/mol. The van der Waals surface area contributed by atoms with Crippen LogP contribution < -0.4 is 10.6 Å². The van der Waals surface area contributed by atoms with Gasteiger partial charge in [0.2, 0.25) is 0 Å². The second-order valence-corrected chi connectivity index (χ2v) is 9.45. The molecule has 1 aromatic carbocycles. The number of nitrogens with one attached hydrogen (secondary N) is 2. The van der Waals surface area contributed by atoms with Gasteiger partial charge in [-0.25, -0.2) is 0 Å². The highest BCUT2D eigenvalue weighted by atomic mass is 16.6. The van der Waals surface area contributed by atoms with Gasteiger partial charge in [0.25, 0.3) is 5.69 Å². The second kappa shape index (κ2) is 12.2. The number of rotatable bonds is 11. The van der Waals surface area contributed by atoms with E-state index in [0.29, 0.717) is 37.0 Å². The molecule has 1 aromatic rings. The highest BCUT2D eigenvalue weighted by Crippen LogP contribution is 2.27. The quantitative estimate of drug-likeness (QED) is 0.294. The SMILES string of the molecule is CC(C)C[C@H](NCc1ccc([N+](=O)[O-])c(NCC2CCOCC2)c1)C(=O)OC1CCCC1. The summed E-state index contributed by atoms with van der Waals surface area (Å²) in [5, 5.41) is 18.1. The average Bonchev–Trinajstić information content (AvgIpc) is 3.28. The van der Waals surface area contributed by atoms with Gasteiger partial charge in [0.05, 0.1) is 4.92 Å². The zero-order valence-corrected chi connectivity index (χ0v) is 19.3. The molecule has 0 radical (unpaired) electrons. The maximum absolute atomic E-state index is 12.7. The van der Waals surface area contributed by atoms with Gasteiger partial charge in [0.15, 0.2) is 0 Å². The standard InChI is InChI=1S/C24H37N3O5/c1-17(2)13-22(24(28)32-20-5-3-4-6-20)26-16-19-7-8-23(27(29)30)21(14-19)25-15-18-9-11-31-12-10-18/h7-8,14,17-18,20,22,25-26H,3-6,9-13,15-16H2,1-2H3/t22-/m0/s1. The fraction of sp³-hybridized carbons (Fsp3) is 0.708. The van der Waals surface area contributed by atoms with Gasteiger partial charge >= 0.3 is 5.97 Å². The topological polar surface area (TPSA) is 103 Å². The van der Waals surface area contributed by atoms with Crippen molar-refractivity contribution in [1.82, 2.24) is 5.32 Å². The fourth-order valence-electron chi connectivity index (χ4n) is 4.43. The van der Waals surface area contributed by atoms with E-state index in [0.717, 1.165) is 57.3 Å². The van der Waals surface area contributed by atoms with Crippen molar-refractivity contribution in [3.63, 3.8) is 0 Å². The molecular weight excluding hydrogens is 410 g/mol. The third-order valence-corrected chi connectivity index (χ3v) is 6.31. The van der Waals surface area contributed by atoms with Crippen LogP contribution in [0, 0.1) is 22.0 Å². The van der Waals surface area contributed by atoms with Crippen molar-refractivity contribution in [2.24, 2.45) is 11.8 Å². The smallest absolute Gasteiger partial charge is 0.323 e. The molecule has 1 atom stereocenters. The predicted octanol–water partition coefficient (Wildman–Crippen LogP) is 4.42. The zero-order chi connectivity index (χ0) is 22.9. The zero-order valence-electron chi connectivity index (χ0n) is 19.3. The Balaban J connectivity index is 1.62. The van der Waals surface area contributed by atoms with Crippen LogP contribution in [-0.2, 0) is 20.8 Å². The van der Waals surface area contributed by atoms with Crippen molar-refractivity contribution in [3.05, 3.63) is 33.9 Å². The third kappa shape index (κ3) is 7.45. The Morgan fingerprint density at radius 2 is 1.94 bits per heavy atom. The van der Waals surface area contributed by atoms with Gasteiger partial charge in [-0.15, -0.1) is 0 Å². The molecule has 2 aliphatic rings. The molecule has 0 spiro atoms. The number of carbonyl (C=O) groups excluding carboxylic acids is 1. The summed E-state index contributed by atoms with van der Waals surface area (Å²) in [4.78, 5) is 23.9. The molecule has 2 fully saturated rings. The minimum absolute atomic E-state index is 0.0410. The Bertz CT molecular complexity index is 758. The first-order valence-electron chi connectivity index (χ1n) is 11.9. The number of nitrogens with zero attached hydrogens (tertiary/aromatic N) is 1. The molecule has 0 bridgehead atoms. The summed E-state index contributed by atoms with van der Waals surface area (Å²) in [6.07, 6.45) is 6.78. The number of hydrogen-bond acceptors (Lipinski definition) is 7. The summed E-state index contributed by atoms with van der Waals surface area (Å²) < 4.78 is 11.1. The van der Waals surface area contributed by atoms with Crippen molar-refractivity contribution in [2.45, 2.75) is 77.5 Å². The normalized spacial score (nSPS) is 18.6. The molecule has 1 aliphatic heterocycles. The van der Waals surface area contributed by atoms with Crippen LogP contribution in [0.25, 0.3) is 0 Å². The van der Waals surface area contributed by atoms with E-state index in [1.54, 1.807) is 6.07 Å². The predicted molar refractivity (Wildman–Crippen MR) is 124 cm³/mol. The van der Waals surface area contributed by atoms with Crippen molar-refractivity contribution >= 4 is 17.3 Å². The van der Waals surface area contributed by atoms with Crippen molar-refractivity contribution in [3.8, 4) is 0 Å². The van der Waals surface area contributed by atoms with Gasteiger partial charge in [-0.1, -0.05) is 19.9 Å². The highest BCUT2D eigenvalue weighted by molar-refractivity contribution is 5.76. The van der Waals surface area contributed by atoms with Gasteiger partial charge in [-0.05, 0) is 68.4 Å². The molecule has 2 N–H and O–H groups in total. The fourth-order valence-corrected chi connectivity index (χ4v) is 4.43. The Kier molecular flexibility index (Phi) is 9.29. The summed E-state index contributed by atoms with van der Waals surface area (Å²) >= 11 is 0. The van der Waals surface area contributed by atoms with Crippen molar-refractivity contribution in [1.29, 1.82) is 0 Å². The number of nitro benzene ring substituents is 1. The molecule has 8 heteroatoms. The van der Waals surface area contributed by atoms with Crippen LogP contribution in [-0.4, -0.2) is 42.8 Å². The van der Waals surface area contributed by atoms with Crippen LogP contribution >= 0.6 is 0 Å². The lowest BCUT2D eigenvalue weighted by Crippen LogP contribution is -2.40. The molecule has 178 valence electrons. The van der Waals surface area contributed by atoms with Crippen LogP contribution in [0.5, 0.6) is 0 Å². The van der Waals surface area contributed by atoms with Gasteiger partial charge in [-0.3, -0.25) is 14.9 Å². The van der Waals surface area contributed by atoms with Crippen LogP contribution in [0.3, 0.4) is 0 Å². The van der Waals surface area contributed by atoms with Crippen LogP contribution in [0.15, 0.2) is 18.2 Å². The van der Waals surface area contributed by atoms with E-state index in [-0.39, 0.29) is 28.7 Å². The first kappa shape index (κ1) is 24.5. The molecule has 0 unspecified atom stereocenters. The van der Waals surface area contributed by atoms with E-state index in [2.05, 4.69) is 24.5 Å². The molecule has 3 rings (SSSR count). The Morgan fingerprint density at radius 1 is 1.22 bits per heavy atom. The number of ether oxygens (including phenoxy) is 2. The van der Waals surface area contributed by atoms with Gasteiger partial charge in [0, 0.05) is 32.4 Å². The number of benzene rings is 1. The van der Waals surface area contributed by atoms with Gasteiger partial charge in [-0.2, -0.15) is 0 Å². The van der Waals surface area contributed by atoms with E-state index in [9.17, 15) is 14.9 Å². The van der Waals surface area contributed by atoms with Crippen molar-refractivity contribution in [2.75, 3.05) is 25.1 Å². The summed E-state index contributed by atoms with van der Waals surface area (Å²) in [5.41, 5.74) is 1.49. The Hall–Kier alpha value is -2.19. The minimum Gasteiger partial charge on any atom is -0.461 e. The number of anilines is 1. The summed E-state index contributed by atoms with van der Waals surface area (Å²) in [6, 6.07) is 4.72. The Morgan fingerprint density at radius 3 is 2.59 bits per heavy atom. The molecule has 1 saturated heterocycles. The molecule has 1 saturated carbocycles. The lowest BCUT2D eigenvalue weighted by atomic mass is 10.00. The van der Waals surface area contributed by atoms with Crippen molar-refractivity contribution < 1.29 is 19.2 Å². The number of nitro groups is 1. The van der Waals surface area contributed by atoms with E-state index >= 15 is 0 Å². The molecule has 0 aromatic heterocycles. The van der Waals surface area contributed by atoms with Crippen LogP contribution in [0.1, 0.15) is 64.4 Å². The number of carbonyl (C=O) groups is 1. The van der Waals surface area contributed by atoms with E-state index < -0.39 is 0 Å². The maximum atomic E-state index is 12.7. The molecule has 1 heterocycles. The summed E-state index contributed by atoms with van der Waals surface area (Å²) in [7, 11) is 0. The van der Waals surface area contributed by atoms with Gasteiger partial charge < -0.3 is 20.1 Å². The monoisotopic (exact) mass is 447 g/mol. The largest absolute Gasteiger partial charge is 0.461 e. The first-order valence-corrected chi connectivity index (χ1v) is 11.9. The Labute approximate surface area is 190 Å². The van der Waals surface area contributed by atoms with E-state index in [1.165, 1.54) is 6.07 Å². The summed E-state index contributed by atoms with van der Waals surface area (Å²) in [6.45, 7) is 6.79.